The van der Waals surface area contributed by atoms with E-state index in [0.717, 1.165) is 0 Å². The van der Waals surface area contributed by atoms with Gasteiger partial charge in [-0.1, -0.05) is 16.7 Å². The highest BCUT2D eigenvalue weighted by atomic mass is 35.5. The van der Waals surface area contributed by atoms with Crippen LogP contribution in [0.1, 0.15) is 26.7 Å². The molecule has 0 aliphatic heterocycles. The lowest BCUT2D eigenvalue weighted by atomic mass is 10.1. The SMILES string of the molecule is CC(C)(C)NCc1nnc(Nc2cc(F)ccc2Cl)o1. The number of hydrogen-bond acceptors (Lipinski definition) is 5. The number of benzene rings is 1. The molecule has 2 N–H and O–H groups in total. The lowest BCUT2D eigenvalue weighted by molar-refractivity contribution is 0.384. The highest BCUT2D eigenvalue weighted by Crippen LogP contribution is 2.25. The Labute approximate surface area is 121 Å². The number of halogens is 2. The summed E-state index contributed by atoms with van der Waals surface area (Å²) in [5.41, 5.74) is 0.333. The van der Waals surface area contributed by atoms with Gasteiger partial charge in [-0.15, -0.1) is 5.10 Å². The van der Waals surface area contributed by atoms with Gasteiger partial charge >= 0.3 is 6.01 Å². The van der Waals surface area contributed by atoms with Gasteiger partial charge in [-0.3, -0.25) is 0 Å². The molecule has 1 heterocycles. The predicted octanol–water partition coefficient (Wildman–Crippen LogP) is 3.49. The minimum Gasteiger partial charge on any atom is -0.406 e. The van der Waals surface area contributed by atoms with Crippen LogP contribution in [-0.2, 0) is 6.54 Å². The fourth-order valence-corrected chi connectivity index (χ4v) is 1.59. The van der Waals surface area contributed by atoms with E-state index in [1.165, 1.54) is 18.2 Å². The van der Waals surface area contributed by atoms with Gasteiger partial charge in [0.05, 0.1) is 17.3 Å². The molecule has 0 fully saturated rings. The van der Waals surface area contributed by atoms with Gasteiger partial charge in [0.1, 0.15) is 5.82 Å². The van der Waals surface area contributed by atoms with Gasteiger partial charge in [-0.05, 0) is 39.0 Å². The van der Waals surface area contributed by atoms with Crippen molar-refractivity contribution in [3.63, 3.8) is 0 Å². The molecular weight excluding hydrogens is 283 g/mol. The van der Waals surface area contributed by atoms with Gasteiger partial charge < -0.3 is 15.1 Å². The maximum Gasteiger partial charge on any atom is 0.320 e. The molecule has 0 aliphatic carbocycles. The third-order valence-corrected chi connectivity index (χ3v) is 2.74. The summed E-state index contributed by atoms with van der Waals surface area (Å²) in [6, 6.07) is 4.17. The van der Waals surface area contributed by atoms with E-state index >= 15 is 0 Å². The fourth-order valence-electron chi connectivity index (χ4n) is 1.42. The molecule has 108 valence electrons. The van der Waals surface area contributed by atoms with Gasteiger partial charge in [0.2, 0.25) is 5.89 Å². The molecule has 5 nitrogen and oxygen atoms in total. The Hall–Kier alpha value is -1.66. The summed E-state index contributed by atoms with van der Waals surface area (Å²) < 4.78 is 18.5. The molecule has 1 aromatic carbocycles. The van der Waals surface area contributed by atoms with Crippen molar-refractivity contribution in [2.24, 2.45) is 0 Å². The summed E-state index contributed by atoms with van der Waals surface area (Å²) in [6.07, 6.45) is 0. The monoisotopic (exact) mass is 298 g/mol. The first-order valence-electron chi connectivity index (χ1n) is 6.13. The first-order chi connectivity index (χ1) is 9.33. The number of rotatable bonds is 4. The molecule has 0 atom stereocenters. The molecule has 0 unspecified atom stereocenters. The van der Waals surface area contributed by atoms with Gasteiger partial charge in [0.25, 0.3) is 0 Å². The molecule has 0 spiro atoms. The van der Waals surface area contributed by atoms with Crippen LogP contribution >= 0.6 is 11.6 Å². The smallest absolute Gasteiger partial charge is 0.320 e. The van der Waals surface area contributed by atoms with Crippen LogP contribution in [0.2, 0.25) is 5.02 Å². The van der Waals surface area contributed by atoms with Gasteiger partial charge in [-0.25, -0.2) is 4.39 Å². The van der Waals surface area contributed by atoms with E-state index in [-0.39, 0.29) is 11.6 Å². The van der Waals surface area contributed by atoms with E-state index in [1.54, 1.807) is 0 Å². The number of aromatic nitrogens is 2. The molecule has 2 rings (SSSR count). The van der Waals surface area contributed by atoms with Crippen LogP contribution < -0.4 is 10.6 Å². The molecule has 7 heteroatoms. The Kier molecular flexibility index (Phi) is 4.25. The fraction of sp³-hybridized carbons (Fsp3) is 0.385. The quantitative estimate of drug-likeness (QED) is 0.904. The van der Waals surface area contributed by atoms with E-state index in [9.17, 15) is 4.39 Å². The summed E-state index contributed by atoms with van der Waals surface area (Å²) >= 11 is 5.94. The molecule has 0 amide bonds. The first-order valence-corrected chi connectivity index (χ1v) is 6.51. The second-order valence-electron chi connectivity index (χ2n) is 5.35. The molecular formula is C13H16ClFN4O. The molecule has 1 aromatic heterocycles. The van der Waals surface area contributed by atoms with Crippen LogP contribution in [0.15, 0.2) is 22.6 Å². The molecule has 0 aliphatic rings. The van der Waals surface area contributed by atoms with Crippen molar-refractivity contribution in [3.8, 4) is 0 Å². The van der Waals surface area contributed by atoms with E-state index in [2.05, 4.69) is 20.8 Å². The predicted molar refractivity (Wildman–Crippen MR) is 75.6 cm³/mol. The zero-order valence-electron chi connectivity index (χ0n) is 11.5. The average molecular weight is 299 g/mol. The Morgan fingerprint density at radius 2 is 2.05 bits per heavy atom. The first kappa shape index (κ1) is 14.7. The maximum atomic E-state index is 13.1. The van der Waals surface area contributed by atoms with Crippen LogP contribution in [0.5, 0.6) is 0 Å². The van der Waals surface area contributed by atoms with Crippen LogP contribution in [-0.4, -0.2) is 15.7 Å². The molecule has 0 bridgehead atoms. The third kappa shape index (κ3) is 4.18. The molecule has 0 radical (unpaired) electrons. The largest absolute Gasteiger partial charge is 0.406 e. The third-order valence-electron chi connectivity index (χ3n) is 2.41. The van der Waals surface area contributed by atoms with E-state index < -0.39 is 5.82 Å². The van der Waals surface area contributed by atoms with Crippen LogP contribution in [0.25, 0.3) is 0 Å². The standard InChI is InChI=1S/C13H16ClFN4O/c1-13(2,3)16-7-11-18-19-12(20-11)17-10-6-8(15)4-5-9(10)14/h4-6,16H,7H2,1-3H3,(H,17,19). The van der Waals surface area contributed by atoms with Crippen molar-refractivity contribution < 1.29 is 8.81 Å². The highest BCUT2D eigenvalue weighted by Gasteiger charge is 2.13. The number of nitrogens with zero attached hydrogens (tertiary/aromatic N) is 2. The maximum absolute atomic E-state index is 13.1. The second-order valence-corrected chi connectivity index (χ2v) is 5.76. The van der Waals surface area contributed by atoms with E-state index in [4.69, 9.17) is 16.0 Å². The van der Waals surface area contributed by atoms with Crippen molar-refractivity contribution in [3.05, 3.63) is 34.9 Å². The minimum absolute atomic E-state index is 0.0477. The van der Waals surface area contributed by atoms with Crippen molar-refractivity contribution >= 4 is 23.3 Å². The average Bonchev–Trinajstić information content (AvgIpc) is 2.78. The molecule has 0 saturated carbocycles. The van der Waals surface area contributed by atoms with E-state index in [0.29, 0.717) is 23.1 Å². The Morgan fingerprint density at radius 3 is 2.75 bits per heavy atom. The van der Waals surface area contributed by atoms with Gasteiger partial charge in [-0.2, -0.15) is 0 Å². The Balaban J connectivity index is 2.04. The number of nitrogens with one attached hydrogen (secondary N) is 2. The summed E-state index contributed by atoms with van der Waals surface area (Å²) in [4.78, 5) is 0. The summed E-state index contributed by atoms with van der Waals surface area (Å²) in [7, 11) is 0. The lowest BCUT2D eigenvalue weighted by Crippen LogP contribution is -2.35. The zero-order valence-corrected chi connectivity index (χ0v) is 12.3. The van der Waals surface area contributed by atoms with Crippen LogP contribution in [0, 0.1) is 5.82 Å². The Morgan fingerprint density at radius 1 is 1.30 bits per heavy atom. The van der Waals surface area contributed by atoms with Crippen LogP contribution in [0.3, 0.4) is 0 Å². The topological polar surface area (TPSA) is 63.0 Å². The molecule has 20 heavy (non-hydrogen) atoms. The van der Waals surface area contributed by atoms with Crippen molar-refractivity contribution in [2.45, 2.75) is 32.9 Å². The highest BCUT2D eigenvalue weighted by molar-refractivity contribution is 6.33. The van der Waals surface area contributed by atoms with Crippen molar-refractivity contribution in [1.82, 2.24) is 15.5 Å². The van der Waals surface area contributed by atoms with E-state index in [1.807, 2.05) is 20.8 Å². The summed E-state index contributed by atoms with van der Waals surface area (Å²) in [5, 5.41) is 14.1. The molecule has 2 aromatic rings. The normalized spacial score (nSPS) is 11.7. The molecule has 0 saturated heterocycles. The number of anilines is 2. The van der Waals surface area contributed by atoms with Gasteiger partial charge in [0, 0.05) is 5.54 Å². The number of hydrogen-bond donors (Lipinski definition) is 2. The van der Waals surface area contributed by atoms with Gasteiger partial charge in [0.15, 0.2) is 0 Å². The van der Waals surface area contributed by atoms with Crippen LogP contribution in [0.4, 0.5) is 16.1 Å². The lowest BCUT2D eigenvalue weighted by Gasteiger charge is -2.18. The zero-order chi connectivity index (χ0) is 14.8. The second kappa shape index (κ2) is 5.76. The summed E-state index contributed by atoms with van der Waals surface area (Å²) in [6.45, 7) is 6.56. The minimum atomic E-state index is -0.397. The Bertz CT molecular complexity index is 594. The summed E-state index contributed by atoms with van der Waals surface area (Å²) in [5.74, 6) is 0.0426. The van der Waals surface area contributed by atoms with Crippen molar-refractivity contribution in [2.75, 3.05) is 5.32 Å². The van der Waals surface area contributed by atoms with Crippen molar-refractivity contribution in [1.29, 1.82) is 0 Å².